The number of aromatic hydroxyl groups is 1. The molecule has 1 aromatic heterocycles. The van der Waals surface area contributed by atoms with Crippen LogP contribution >= 0.6 is 0 Å². The summed E-state index contributed by atoms with van der Waals surface area (Å²) in [6, 6.07) is 5.19. The molecule has 6 nitrogen and oxygen atoms in total. The Morgan fingerprint density at radius 3 is 2.81 bits per heavy atom. The average Bonchev–Trinajstić information content (AvgIpc) is 3.01. The highest BCUT2D eigenvalue weighted by Crippen LogP contribution is 2.26. The predicted octanol–water partition coefficient (Wildman–Crippen LogP) is 1.31. The van der Waals surface area contributed by atoms with Crippen molar-refractivity contribution in [2.24, 2.45) is 0 Å². The molecule has 1 fully saturated rings. The number of rotatable bonds is 4. The van der Waals surface area contributed by atoms with Gasteiger partial charge in [0.25, 0.3) is 0 Å². The van der Waals surface area contributed by atoms with E-state index < -0.39 is 0 Å². The monoisotopic (exact) mass is 287 g/mol. The lowest BCUT2D eigenvalue weighted by atomic mass is 10.1. The Balaban J connectivity index is 1.75. The van der Waals surface area contributed by atoms with Crippen LogP contribution in [-0.4, -0.2) is 46.7 Å². The van der Waals surface area contributed by atoms with Gasteiger partial charge in [0.1, 0.15) is 5.75 Å². The van der Waals surface area contributed by atoms with Gasteiger partial charge in [-0.3, -0.25) is 4.79 Å². The first-order valence-corrected chi connectivity index (χ1v) is 6.89. The number of aromatic nitrogens is 2. The first kappa shape index (κ1) is 13.6. The smallest absolute Gasteiger partial charge is 0.186 e. The standard InChI is InChI=1S/C15H17N3O3/c19-14-9-12(18-5-7-21-8-6-18)1-2-13(14)15(20)10-17-4-3-16-11-17/h1-4,9,11,19H,5-8,10H2. The number of nitrogens with zero attached hydrogens (tertiary/aromatic N) is 3. The summed E-state index contributed by atoms with van der Waals surface area (Å²) in [4.78, 5) is 18.2. The Morgan fingerprint density at radius 2 is 2.14 bits per heavy atom. The molecule has 0 amide bonds. The van der Waals surface area contributed by atoms with Gasteiger partial charge in [0.05, 0.1) is 31.6 Å². The zero-order chi connectivity index (χ0) is 14.7. The first-order valence-electron chi connectivity index (χ1n) is 6.89. The van der Waals surface area contributed by atoms with Gasteiger partial charge in [-0.1, -0.05) is 0 Å². The van der Waals surface area contributed by atoms with E-state index in [1.165, 1.54) is 0 Å². The fourth-order valence-electron chi connectivity index (χ4n) is 2.41. The summed E-state index contributed by atoms with van der Waals surface area (Å²) in [5.41, 5.74) is 1.25. The molecule has 0 unspecified atom stereocenters. The van der Waals surface area contributed by atoms with Gasteiger partial charge in [-0.15, -0.1) is 0 Å². The molecular formula is C15H17N3O3. The molecule has 2 aromatic rings. The zero-order valence-corrected chi connectivity index (χ0v) is 11.6. The van der Waals surface area contributed by atoms with Crippen molar-refractivity contribution in [2.45, 2.75) is 6.54 Å². The number of imidazole rings is 1. The lowest BCUT2D eigenvalue weighted by Crippen LogP contribution is -2.36. The molecule has 1 aliphatic rings. The van der Waals surface area contributed by atoms with Crippen LogP contribution in [0.15, 0.2) is 36.9 Å². The number of phenols is 1. The summed E-state index contributed by atoms with van der Waals surface area (Å²) < 4.78 is 6.98. The van der Waals surface area contributed by atoms with Gasteiger partial charge >= 0.3 is 0 Å². The van der Waals surface area contributed by atoms with E-state index in [0.717, 1.165) is 18.8 Å². The van der Waals surface area contributed by atoms with Gasteiger partial charge in [-0.05, 0) is 12.1 Å². The summed E-state index contributed by atoms with van der Waals surface area (Å²) in [6.45, 7) is 3.12. The summed E-state index contributed by atoms with van der Waals surface area (Å²) in [6.07, 6.45) is 4.92. The molecule has 0 spiro atoms. The van der Waals surface area contributed by atoms with E-state index in [0.29, 0.717) is 18.8 Å². The molecule has 2 heterocycles. The van der Waals surface area contributed by atoms with Gasteiger partial charge in [0.2, 0.25) is 0 Å². The minimum Gasteiger partial charge on any atom is -0.507 e. The zero-order valence-electron chi connectivity index (χ0n) is 11.6. The summed E-state index contributed by atoms with van der Waals surface area (Å²) in [7, 11) is 0. The maximum absolute atomic E-state index is 12.2. The van der Waals surface area contributed by atoms with Crippen molar-refractivity contribution >= 4 is 11.5 Å². The third-order valence-electron chi connectivity index (χ3n) is 3.54. The third kappa shape index (κ3) is 3.05. The molecule has 0 bridgehead atoms. The Labute approximate surface area is 122 Å². The molecule has 3 rings (SSSR count). The number of ketones is 1. The summed E-state index contributed by atoms with van der Waals surface area (Å²) in [5.74, 6) is -0.122. The highest BCUT2D eigenvalue weighted by atomic mass is 16.5. The lowest BCUT2D eigenvalue weighted by molar-refractivity contribution is 0.0969. The largest absolute Gasteiger partial charge is 0.507 e. The van der Waals surface area contributed by atoms with Gasteiger partial charge < -0.3 is 19.3 Å². The van der Waals surface area contributed by atoms with E-state index in [1.807, 2.05) is 6.07 Å². The SMILES string of the molecule is O=C(Cn1ccnc1)c1ccc(N2CCOCC2)cc1O. The number of hydrogen-bond donors (Lipinski definition) is 1. The number of carbonyl (C=O) groups is 1. The van der Waals surface area contributed by atoms with Gasteiger partial charge in [0, 0.05) is 37.2 Å². The number of anilines is 1. The number of hydrogen-bond acceptors (Lipinski definition) is 5. The van der Waals surface area contributed by atoms with Crippen molar-refractivity contribution in [3.8, 4) is 5.75 Å². The molecule has 0 saturated carbocycles. The Kier molecular flexibility index (Phi) is 3.87. The van der Waals surface area contributed by atoms with Crippen LogP contribution < -0.4 is 4.90 Å². The van der Waals surface area contributed by atoms with Crippen LogP contribution in [0.2, 0.25) is 0 Å². The number of Topliss-reactive ketones (excluding diaryl/α,β-unsaturated/α-hetero) is 1. The number of benzene rings is 1. The number of carbonyl (C=O) groups excluding carboxylic acids is 1. The van der Waals surface area contributed by atoms with Crippen LogP contribution in [0.25, 0.3) is 0 Å². The highest BCUT2D eigenvalue weighted by molar-refractivity contribution is 5.98. The van der Waals surface area contributed by atoms with E-state index in [-0.39, 0.29) is 18.1 Å². The van der Waals surface area contributed by atoms with E-state index in [4.69, 9.17) is 4.74 Å². The van der Waals surface area contributed by atoms with E-state index in [1.54, 1.807) is 35.4 Å². The topological polar surface area (TPSA) is 67.6 Å². The number of ether oxygens (including phenoxy) is 1. The van der Waals surface area contributed by atoms with Crippen molar-refractivity contribution in [1.29, 1.82) is 0 Å². The second-order valence-corrected chi connectivity index (χ2v) is 4.96. The van der Waals surface area contributed by atoms with Crippen molar-refractivity contribution in [3.63, 3.8) is 0 Å². The van der Waals surface area contributed by atoms with Crippen LogP contribution in [0.5, 0.6) is 5.75 Å². The molecule has 1 saturated heterocycles. The minimum atomic E-state index is -0.140. The second-order valence-electron chi connectivity index (χ2n) is 4.96. The fourth-order valence-corrected chi connectivity index (χ4v) is 2.41. The number of morpholine rings is 1. The van der Waals surface area contributed by atoms with Gasteiger partial charge in [-0.2, -0.15) is 0 Å². The Morgan fingerprint density at radius 1 is 1.33 bits per heavy atom. The molecule has 0 atom stereocenters. The Hall–Kier alpha value is -2.34. The molecule has 0 aliphatic carbocycles. The average molecular weight is 287 g/mol. The normalized spacial score (nSPS) is 15.1. The molecule has 1 aromatic carbocycles. The molecule has 110 valence electrons. The van der Waals surface area contributed by atoms with E-state index in [2.05, 4.69) is 9.88 Å². The van der Waals surface area contributed by atoms with Crippen LogP contribution in [0, 0.1) is 0 Å². The first-order chi connectivity index (χ1) is 10.2. The number of phenolic OH excluding ortho intramolecular Hbond substituents is 1. The molecule has 21 heavy (non-hydrogen) atoms. The minimum absolute atomic E-state index is 0.0177. The van der Waals surface area contributed by atoms with Crippen LogP contribution in [-0.2, 0) is 11.3 Å². The summed E-state index contributed by atoms with van der Waals surface area (Å²) in [5, 5.41) is 10.1. The predicted molar refractivity (Wildman–Crippen MR) is 77.7 cm³/mol. The summed E-state index contributed by atoms with van der Waals surface area (Å²) >= 11 is 0. The van der Waals surface area contributed by atoms with Gasteiger partial charge in [-0.25, -0.2) is 4.98 Å². The van der Waals surface area contributed by atoms with E-state index in [9.17, 15) is 9.90 Å². The molecular weight excluding hydrogens is 270 g/mol. The van der Waals surface area contributed by atoms with Crippen molar-refractivity contribution in [2.75, 3.05) is 31.2 Å². The van der Waals surface area contributed by atoms with Crippen LogP contribution in [0.4, 0.5) is 5.69 Å². The fraction of sp³-hybridized carbons (Fsp3) is 0.333. The lowest BCUT2D eigenvalue weighted by Gasteiger charge is -2.29. The quantitative estimate of drug-likeness (QED) is 0.859. The van der Waals surface area contributed by atoms with Crippen molar-refractivity contribution in [1.82, 2.24) is 9.55 Å². The maximum Gasteiger partial charge on any atom is 0.186 e. The molecule has 0 radical (unpaired) electrons. The third-order valence-corrected chi connectivity index (χ3v) is 3.54. The Bertz CT molecular complexity index is 619. The molecule has 1 aliphatic heterocycles. The van der Waals surface area contributed by atoms with Gasteiger partial charge in [0.15, 0.2) is 5.78 Å². The maximum atomic E-state index is 12.2. The molecule has 1 N–H and O–H groups in total. The van der Waals surface area contributed by atoms with Crippen molar-refractivity contribution < 1.29 is 14.6 Å². The van der Waals surface area contributed by atoms with Crippen LogP contribution in [0.1, 0.15) is 10.4 Å². The highest BCUT2D eigenvalue weighted by Gasteiger charge is 2.16. The van der Waals surface area contributed by atoms with Crippen LogP contribution in [0.3, 0.4) is 0 Å². The molecule has 6 heteroatoms. The second kappa shape index (κ2) is 5.97. The van der Waals surface area contributed by atoms with E-state index >= 15 is 0 Å². The van der Waals surface area contributed by atoms with Crippen molar-refractivity contribution in [3.05, 3.63) is 42.5 Å².